The Bertz CT molecular complexity index is 739. The van der Waals surface area contributed by atoms with Crippen molar-refractivity contribution < 1.29 is 22.7 Å². The summed E-state index contributed by atoms with van der Waals surface area (Å²) >= 11 is 0. The number of ether oxygens (including phenoxy) is 1. The van der Waals surface area contributed by atoms with Gasteiger partial charge < -0.3 is 15.4 Å². The molecule has 1 rings (SSSR count). The van der Waals surface area contributed by atoms with Crippen molar-refractivity contribution in [2.75, 3.05) is 11.9 Å². The van der Waals surface area contributed by atoms with Crippen molar-refractivity contribution in [3.63, 3.8) is 0 Å². The number of alkyl carbamates (subject to hydrolysis) is 1. The molecule has 0 spiro atoms. The number of nitrogens with one attached hydrogen (secondary N) is 2. The lowest BCUT2D eigenvalue weighted by Crippen LogP contribution is -2.33. The average molecular weight is 371 g/mol. The van der Waals surface area contributed by atoms with E-state index in [1.54, 1.807) is 39.8 Å². The summed E-state index contributed by atoms with van der Waals surface area (Å²) in [6.07, 6.45) is 0.0390. The predicted molar refractivity (Wildman–Crippen MR) is 94.7 cm³/mol. The molecule has 9 heteroatoms. The first kappa shape index (κ1) is 20.9. The van der Waals surface area contributed by atoms with E-state index in [1.165, 1.54) is 6.07 Å². The van der Waals surface area contributed by atoms with E-state index in [0.717, 1.165) is 0 Å². The predicted octanol–water partition coefficient (Wildman–Crippen LogP) is 1.89. The first-order chi connectivity index (χ1) is 11.4. The van der Waals surface area contributed by atoms with Crippen LogP contribution in [-0.4, -0.2) is 32.6 Å². The standard InChI is InChI=1S/C16H25N3O5S/c1-11-7-8-12(10-13(11)25(17,22)23)19-14(20)6-5-9-18-15(21)24-16(2,3)4/h7-8,10H,5-6,9H2,1-4H3,(H,18,21)(H,19,20)(H2,17,22,23). The number of carbonyl (C=O) groups excluding carboxylic acids is 2. The molecule has 0 bridgehead atoms. The third-order valence-electron chi connectivity index (χ3n) is 3.03. The quantitative estimate of drug-likeness (QED) is 0.658. The van der Waals surface area contributed by atoms with Gasteiger partial charge in [0.15, 0.2) is 0 Å². The molecule has 8 nitrogen and oxygen atoms in total. The third-order valence-corrected chi connectivity index (χ3v) is 4.08. The summed E-state index contributed by atoms with van der Waals surface area (Å²) in [5.74, 6) is -0.296. The number of amides is 2. The molecule has 0 aliphatic rings. The van der Waals surface area contributed by atoms with Crippen molar-refractivity contribution in [2.24, 2.45) is 5.14 Å². The van der Waals surface area contributed by atoms with Crippen LogP contribution in [0.5, 0.6) is 0 Å². The fraction of sp³-hybridized carbons (Fsp3) is 0.500. The highest BCUT2D eigenvalue weighted by atomic mass is 32.2. The van der Waals surface area contributed by atoms with Gasteiger partial charge in [-0.1, -0.05) is 6.07 Å². The van der Waals surface area contributed by atoms with E-state index in [9.17, 15) is 18.0 Å². The maximum absolute atomic E-state index is 11.9. The second kappa shape index (κ2) is 8.30. The lowest BCUT2D eigenvalue weighted by Gasteiger charge is -2.19. The van der Waals surface area contributed by atoms with E-state index in [2.05, 4.69) is 10.6 Å². The number of anilines is 1. The smallest absolute Gasteiger partial charge is 0.407 e. The maximum Gasteiger partial charge on any atom is 0.407 e. The van der Waals surface area contributed by atoms with Crippen molar-refractivity contribution >= 4 is 27.7 Å². The van der Waals surface area contributed by atoms with Crippen LogP contribution >= 0.6 is 0 Å². The highest BCUT2D eigenvalue weighted by Gasteiger charge is 2.16. The highest BCUT2D eigenvalue weighted by Crippen LogP contribution is 2.19. The van der Waals surface area contributed by atoms with Gasteiger partial charge in [-0.05, 0) is 51.8 Å². The molecule has 0 radical (unpaired) electrons. The summed E-state index contributed by atoms with van der Waals surface area (Å²) in [5.41, 5.74) is 0.273. The number of benzene rings is 1. The Morgan fingerprint density at radius 1 is 1.24 bits per heavy atom. The molecule has 140 valence electrons. The molecule has 2 amide bonds. The lowest BCUT2D eigenvalue weighted by atomic mass is 10.2. The molecule has 0 atom stereocenters. The van der Waals surface area contributed by atoms with E-state index in [0.29, 0.717) is 24.2 Å². The summed E-state index contributed by atoms with van der Waals surface area (Å²) in [7, 11) is -3.85. The van der Waals surface area contributed by atoms with Crippen LogP contribution in [0.25, 0.3) is 0 Å². The van der Waals surface area contributed by atoms with Crippen molar-refractivity contribution in [3.05, 3.63) is 23.8 Å². The Hall–Kier alpha value is -2.13. The third kappa shape index (κ3) is 7.99. The monoisotopic (exact) mass is 371 g/mol. The van der Waals surface area contributed by atoms with Crippen LogP contribution in [0.15, 0.2) is 23.1 Å². The van der Waals surface area contributed by atoms with Gasteiger partial charge in [0.05, 0.1) is 4.90 Å². The maximum atomic E-state index is 11.9. The van der Waals surface area contributed by atoms with E-state index in [-0.39, 0.29) is 17.2 Å². The molecule has 1 aromatic rings. The highest BCUT2D eigenvalue weighted by molar-refractivity contribution is 7.89. The Kier molecular flexibility index (Phi) is 6.95. The Morgan fingerprint density at radius 3 is 2.44 bits per heavy atom. The molecule has 25 heavy (non-hydrogen) atoms. The normalized spacial score (nSPS) is 11.7. The first-order valence-corrected chi connectivity index (χ1v) is 9.33. The molecule has 0 saturated heterocycles. The molecule has 0 saturated carbocycles. The van der Waals surface area contributed by atoms with Crippen molar-refractivity contribution in [3.8, 4) is 0 Å². The number of carbonyl (C=O) groups is 2. The molecule has 0 heterocycles. The van der Waals surface area contributed by atoms with E-state index in [4.69, 9.17) is 9.88 Å². The number of nitrogens with two attached hydrogens (primary N) is 1. The summed E-state index contributed by atoms with van der Waals surface area (Å²) in [4.78, 5) is 23.3. The van der Waals surface area contributed by atoms with Crippen molar-refractivity contribution in [1.29, 1.82) is 0 Å². The topological polar surface area (TPSA) is 128 Å². The van der Waals surface area contributed by atoms with Gasteiger partial charge in [-0.3, -0.25) is 4.79 Å². The molecule has 0 fully saturated rings. The van der Waals surface area contributed by atoms with Crippen LogP contribution < -0.4 is 15.8 Å². The average Bonchev–Trinajstić information content (AvgIpc) is 2.42. The molecule has 0 aromatic heterocycles. The molecule has 0 aliphatic heterocycles. The second-order valence-corrected chi connectivity index (χ2v) is 8.14. The van der Waals surface area contributed by atoms with Gasteiger partial charge in [0, 0.05) is 18.7 Å². The number of hydrogen-bond donors (Lipinski definition) is 3. The zero-order valence-corrected chi connectivity index (χ0v) is 15.7. The van der Waals surface area contributed by atoms with Crippen LogP contribution in [-0.2, 0) is 19.6 Å². The summed E-state index contributed by atoms with van der Waals surface area (Å²) in [6.45, 7) is 7.19. The zero-order valence-electron chi connectivity index (χ0n) is 14.9. The van der Waals surface area contributed by atoms with E-state index >= 15 is 0 Å². The molecule has 1 aromatic carbocycles. The van der Waals surface area contributed by atoms with Gasteiger partial charge in [0.25, 0.3) is 0 Å². The van der Waals surface area contributed by atoms with Crippen molar-refractivity contribution in [2.45, 2.75) is 51.0 Å². The van der Waals surface area contributed by atoms with Gasteiger partial charge in [-0.25, -0.2) is 18.4 Å². The Morgan fingerprint density at radius 2 is 1.88 bits per heavy atom. The first-order valence-electron chi connectivity index (χ1n) is 7.78. The summed E-state index contributed by atoms with van der Waals surface area (Å²) in [5, 5.41) is 10.3. The minimum atomic E-state index is -3.85. The van der Waals surface area contributed by atoms with Crippen LogP contribution in [0, 0.1) is 6.92 Å². The minimum absolute atomic E-state index is 0.0307. The summed E-state index contributed by atoms with van der Waals surface area (Å²) in [6, 6.07) is 4.49. The largest absolute Gasteiger partial charge is 0.444 e. The zero-order chi connectivity index (χ0) is 19.3. The molecule has 4 N–H and O–H groups in total. The van der Waals surface area contributed by atoms with Crippen molar-refractivity contribution in [1.82, 2.24) is 5.32 Å². The number of primary sulfonamides is 1. The van der Waals surface area contributed by atoms with Gasteiger partial charge >= 0.3 is 6.09 Å². The fourth-order valence-corrected chi connectivity index (χ4v) is 2.77. The number of sulfonamides is 1. The number of rotatable bonds is 6. The van der Waals surface area contributed by atoms with E-state index in [1.807, 2.05) is 0 Å². The van der Waals surface area contributed by atoms with Gasteiger partial charge in [-0.2, -0.15) is 0 Å². The molecular weight excluding hydrogens is 346 g/mol. The minimum Gasteiger partial charge on any atom is -0.444 e. The SMILES string of the molecule is Cc1ccc(NC(=O)CCCNC(=O)OC(C)(C)C)cc1S(N)(=O)=O. The number of aryl methyl sites for hydroxylation is 1. The van der Waals surface area contributed by atoms with Gasteiger partial charge in [-0.15, -0.1) is 0 Å². The molecular formula is C16H25N3O5S. The molecule has 0 unspecified atom stereocenters. The Balaban J connectivity index is 2.47. The Labute approximate surface area is 148 Å². The second-order valence-electron chi connectivity index (χ2n) is 6.61. The fourth-order valence-electron chi connectivity index (χ4n) is 1.96. The van der Waals surface area contributed by atoms with Crippen LogP contribution in [0.4, 0.5) is 10.5 Å². The van der Waals surface area contributed by atoms with Crippen LogP contribution in [0.2, 0.25) is 0 Å². The van der Waals surface area contributed by atoms with Crippen LogP contribution in [0.1, 0.15) is 39.2 Å². The molecule has 0 aliphatic carbocycles. The van der Waals surface area contributed by atoms with Gasteiger partial charge in [0.1, 0.15) is 5.60 Å². The van der Waals surface area contributed by atoms with Crippen LogP contribution in [0.3, 0.4) is 0 Å². The summed E-state index contributed by atoms with van der Waals surface area (Å²) < 4.78 is 28.0. The number of hydrogen-bond acceptors (Lipinski definition) is 5. The lowest BCUT2D eigenvalue weighted by molar-refractivity contribution is -0.116. The van der Waals surface area contributed by atoms with Gasteiger partial charge in [0.2, 0.25) is 15.9 Å². The van der Waals surface area contributed by atoms with E-state index < -0.39 is 21.7 Å².